The maximum Gasteiger partial charge on any atom is 0.419 e. The Balaban J connectivity index is 1.15. The lowest BCUT2D eigenvalue weighted by atomic mass is 9.93. The summed E-state index contributed by atoms with van der Waals surface area (Å²) in [6.07, 6.45) is -0.744. The number of nitrogens with one attached hydrogen (secondary N) is 1. The molecule has 6 nitrogen and oxygen atoms in total. The Bertz CT molecular complexity index is 1420. The molecule has 3 saturated carbocycles. The van der Waals surface area contributed by atoms with Crippen molar-refractivity contribution in [2.24, 2.45) is 23.2 Å². The summed E-state index contributed by atoms with van der Waals surface area (Å²) in [5, 5.41) is 12.7. The Morgan fingerprint density at radius 1 is 1.16 bits per heavy atom. The Hall–Kier alpha value is -3.16. The van der Waals surface area contributed by atoms with Crippen molar-refractivity contribution in [3.8, 4) is 0 Å². The van der Waals surface area contributed by atoms with Crippen LogP contribution < -0.4 is 5.32 Å². The number of aliphatic hydroxyl groups excluding tert-OH is 1. The van der Waals surface area contributed by atoms with Crippen LogP contribution in [0.4, 0.5) is 33.7 Å². The minimum Gasteiger partial charge on any atom is -0.395 e. The van der Waals surface area contributed by atoms with E-state index in [4.69, 9.17) is 6.57 Å². The van der Waals surface area contributed by atoms with Gasteiger partial charge in [-0.05, 0) is 85.6 Å². The largest absolute Gasteiger partial charge is 0.419 e. The predicted molar refractivity (Wildman–Crippen MR) is 155 cm³/mol. The average molecular weight is 599 g/mol. The van der Waals surface area contributed by atoms with Gasteiger partial charge in [-0.15, -0.1) is 0 Å². The van der Waals surface area contributed by atoms with Gasteiger partial charge in [0, 0.05) is 36.3 Å². The lowest BCUT2D eigenvalue weighted by molar-refractivity contribution is -0.139. The van der Waals surface area contributed by atoms with Crippen LogP contribution in [0.1, 0.15) is 57.1 Å². The molecule has 1 aliphatic heterocycles. The highest BCUT2D eigenvalue weighted by Gasteiger charge is 2.66. The first-order valence-corrected chi connectivity index (χ1v) is 15.2. The molecule has 0 bridgehead atoms. The quantitative estimate of drug-likeness (QED) is 0.184. The standard InChI is InChI=1S/C33H38F4N4O2/c1-31(2)25-18-40(28(19-42)29(25)31)14-4-5-15-41(30(43)39-22-10-11-26(34)23(16-22)33(35,36)37)27-12-13-32(17-24(27)32)20-6-8-21(38-3)9-7-20/h6-11,16,24-25,27-29,42H,4-5,12-15,17-19H2,1-2H3,(H,39,43)/t24-,25+,27-,28-,29+,32-/m1/s1. The molecular weight excluding hydrogens is 560 g/mol. The van der Waals surface area contributed by atoms with Gasteiger partial charge in [-0.2, -0.15) is 13.2 Å². The van der Waals surface area contributed by atoms with Crippen LogP contribution >= 0.6 is 0 Å². The van der Waals surface area contributed by atoms with Crippen LogP contribution in [-0.2, 0) is 11.6 Å². The number of likely N-dealkylation sites (tertiary alicyclic amines) is 1. The van der Waals surface area contributed by atoms with Crippen molar-refractivity contribution in [2.75, 3.05) is 31.6 Å². The molecule has 0 radical (unpaired) electrons. The van der Waals surface area contributed by atoms with E-state index in [1.54, 1.807) is 4.90 Å². The van der Waals surface area contributed by atoms with E-state index in [1.807, 2.05) is 24.3 Å². The molecule has 4 fully saturated rings. The van der Waals surface area contributed by atoms with E-state index in [0.29, 0.717) is 36.6 Å². The zero-order valence-corrected chi connectivity index (χ0v) is 24.5. The summed E-state index contributed by atoms with van der Waals surface area (Å²) in [5.41, 5.74) is 0.455. The first kappa shape index (κ1) is 29.9. The zero-order chi connectivity index (χ0) is 30.7. The Morgan fingerprint density at radius 2 is 1.91 bits per heavy atom. The number of hydrogen-bond donors (Lipinski definition) is 2. The SMILES string of the molecule is [C-]#[N+]c1ccc([C@]23CC[C@@H](N(CCCCN4C[C@H]5[C@@H]([C@H]4CO)C5(C)C)C(=O)Nc4ccc(F)c(C(F)(F)F)c4)[C@H]2C3)cc1. The third kappa shape index (κ3) is 5.29. The van der Waals surface area contributed by atoms with Gasteiger partial charge in [0.2, 0.25) is 0 Å². The second-order valence-corrected chi connectivity index (χ2v) is 13.5. The van der Waals surface area contributed by atoms with Crippen molar-refractivity contribution in [3.05, 3.63) is 70.8 Å². The lowest BCUT2D eigenvalue weighted by Crippen LogP contribution is -2.44. The molecule has 1 heterocycles. The summed E-state index contributed by atoms with van der Waals surface area (Å²) in [5.74, 6) is -0.0334. The van der Waals surface area contributed by atoms with Gasteiger partial charge in [-0.25, -0.2) is 14.0 Å². The number of carbonyl (C=O) groups is 1. The number of hydrogen-bond acceptors (Lipinski definition) is 3. The maximum atomic E-state index is 13.9. The number of alkyl halides is 3. The van der Waals surface area contributed by atoms with Gasteiger partial charge >= 0.3 is 12.2 Å². The molecular formula is C33H38F4N4O2. The van der Waals surface area contributed by atoms with E-state index >= 15 is 0 Å². The van der Waals surface area contributed by atoms with Crippen LogP contribution in [0.25, 0.3) is 4.85 Å². The van der Waals surface area contributed by atoms with Crippen molar-refractivity contribution >= 4 is 17.4 Å². The smallest absolute Gasteiger partial charge is 0.395 e. The van der Waals surface area contributed by atoms with Crippen molar-refractivity contribution in [2.45, 2.75) is 69.6 Å². The van der Waals surface area contributed by atoms with Gasteiger partial charge in [0.05, 0.1) is 18.7 Å². The van der Waals surface area contributed by atoms with Crippen molar-refractivity contribution in [1.82, 2.24) is 9.80 Å². The normalized spacial score (nSPS) is 30.3. The van der Waals surface area contributed by atoms with Crippen LogP contribution in [0.15, 0.2) is 42.5 Å². The van der Waals surface area contributed by atoms with E-state index in [2.05, 4.69) is 28.9 Å². The van der Waals surface area contributed by atoms with E-state index in [1.165, 1.54) is 0 Å². The lowest BCUT2D eigenvalue weighted by Gasteiger charge is -2.32. The fourth-order valence-electron chi connectivity index (χ4n) is 8.48. The van der Waals surface area contributed by atoms with E-state index in [-0.39, 0.29) is 41.1 Å². The van der Waals surface area contributed by atoms with E-state index < -0.39 is 23.6 Å². The second-order valence-electron chi connectivity index (χ2n) is 13.5. The number of fused-ring (bicyclic) bond motifs is 2. The number of unbranched alkanes of at least 4 members (excludes halogenated alkanes) is 1. The second kappa shape index (κ2) is 10.8. The van der Waals surface area contributed by atoms with Gasteiger partial charge < -0.3 is 15.3 Å². The van der Waals surface area contributed by atoms with Gasteiger partial charge in [-0.3, -0.25) is 4.90 Å². The van der Waals surface area contributed by atoms with Gasteiger partial charge in [0.1, 0.15) is 5.82 Å². The molecule has 6 atom stereocenters. The first-order chi connectivity index (χ1) is 20.4. The summed E-state index contributed by atoms with van der Waals surface area (Å²) < 4.78 is 53.9. The van der Waals surface area contributed by atoms with Crippen molar-refractivity contribution in [3.63, 3.8) is 0 Å². The number of halogens is 4. The predicted octanol–water partition coefficient (Wildman–Crippen LogP) is 7.08. The summed E-state index contributed by atoms with van der Waals surface area (Å²) in [4.78, 5) is 21.3. The number of piperidine rings is 1. The van der Waals surface area contributed by atoms with Gasteiger partial charge in [0.15, 0.2) is 5.69 Å². The molecule has 3 aliphatic carbocycles. The molecule has 2 aromatic rings. The number of anilines is 1. The fourth-order valence-corrected chi connectivity index (χ4v) is 8.48. The summed E-state index contributed by atoms with van der Waals surface area (Å²) >= 11 is 0. The van der Waals surface area contributed by atoms with Crippen LogP contribution in [-0.4, -0.2) is 59.3 Å². The molecule has 2 amide bonds. The van der Waals surface area contributed by atoms with Crippen LogP contribution in [0.5, 0.6) is 0 Å². The monoisotopic (exact) mass is 598 g/mol. The highest BCUT2D eigenvalue weighted by atomic mass is 19.4. The maximum absolute atomic E-state index is 13.9. The summed E-state index contributed by atoms with van der Waals surface area (Å²) in [6.45, 7) is 14.1. The number of benzene rings is 2. The molecule has 43 heavy (non-hydrogen) atoms. The Morgan fingerprint density at radius 3 is 2.56 bits per heavy atom. The minimum atomic E-state index is -4.87. The molecule has 0 unspecified atom stereocenters. The van der Waals surface area contributed by atoms with Crippen LogP contribution in [0.2, 0.25) is 0 Å². The molecule has 0 spiro atoms. The number of amides is 2. The summed E-state index contributed by atoms with van der Waals surface area (Å²) in [6, 6.07) is 9.78. The molecule has 2 aromatic carbocycles. The number of aliphatic hydroxyl groups is 1. The molecule has 0 aromatic heterocycles. The van der Waals surface area contributed by atoms with E-state index in [0.717, 1.165) is 56.5 Å². The van der Waals surface area contributed by atoms with Crippen LogP contribution in [0, 0.1) is 35.6 Å². The van der Waals surface area contributed by atoms with Crippen molar-refractivity contribution < 1.29 is 27.5 Å². The van der Waals surface area contributed by atoms with Crippen LogP contribution in [0.3, 0.4) is 0 Å². The average Bonchev–Trinajstić information content (AvgIpc) is 3.67. The Kier molecular flexibility index (Phi) is 7.49. The molecule has 1 saturated heterocycles. The number of urea groups is 1. The van der Waals surface area contributed by atoms with Crippen molar-refractivity contribution in [1.29, 1.82) is 0 Å². The Labute approximate surface area is 249 Å². The molecule has 2 N–H and O–H groups in total. The third-order valence-corrected chi connectivity index (χ3v) is 11.0. The fraction of sp³-hybridized carbons (Fsp3) is 0.576. The topological polar surface area (TPSA) is 60.2 Å². The highest BCUT2D eigenvalue weighted by Crippen LogP contribution is 2.66. The first-order valence-electron chi connectivity index (χ1n) is 15.2. The number of nitrogens with zero attached hydrogens (tertiary/aromatic N) is 3. The molecule has 6 rings (SSSR count). The molecule has 230 valence electrons. The molecule has 4 aliphatic rings. The third-order valence-electron chi connectivity index (χ3n) is 11.0. The number of carbonyl (C=O) groups excluding carboxylic acids is 1. The minimum absolute atomic E-state index is 0.0548. The number of rotatable bonds is 9. The molecule has 10 heteroatoms. The van der Waals surface area contributed by atoms with Gasteiger partial charge in [0.25, 0.3) is 0 Å². The highest BCUT2D eigenvalue weighted by molar-refractivity contribution is 5.89. The summed E-state index contributed by atoms with van der Waals surface area (Å²) in [7, 11) is 0. The van der Waals surface area contributed by atoms with Gasteiger partial charge in [-0.1, -0.05) is 38.1 Å². The zero-order valence-electron chi connectivity index (χ0n) is 24.5. The van der Waals surface area contributed by atoms with E-state index in [9.17, 15) is 27.5 Å².